The predicted octanol–water partition coefficient (Wildman–Crippen LogP) is 2.13. The topological polar surface area (TPSA) is 48.1 Å². The second-order valence-electron chi connectivity index (χ2n) is 5.52. The highest BCUT2D eigenvalue weighted by molar-refractivity contribution is 5.87. The Labute approximate surface area is 120 Å². The second kappa shape index (κ2) is 5.79. The zero-order valence-electron chi connectivity index (χ0n) is 12.3. The maximum Gasteiger partial charge on any atom is 0.142 e. The van der Waals surface area contributed by atoms with Gasteiger partial charge in [0.15, 0.2) is 0 Å². The minimum Gasteiger partial charge on any atom is -0.356 e. The van der Waals surface area contributed by atoms with Crippen molar-refractivity contribution >= 4 is 16.9 Å². The van der Waals surface area contributed by atoms with Crippen LogP contribution in [0.1, 0.15) is 20.3 Å². The van der Waals surface area contributed by atoms with Crippen molar-refractivity contribution in [3.63, 3.8) is 0 Å². The van der Waals surface area contributed by atoms with E-state index in [4.69, 9.17) is 0 Å². The average Bonchev–Trinajstić information content (AvgIpc) is 3.13. The molecule has 1 saturated heterocycles. The lowest BCUT2D eigenvalue weighted by atomic mass is 10.1. The molecule has 1 aliphatic rings. The highest BCUT2D eigenvalue weighted by Crippen LogP contribution is 2.27. The van der Waals surface area contributed by atoms with Crippen LogP contribution in [0.25, 0.3) is 11.0 Å². The quantitative estimate of drug-likeness (QED) is 0.906. The van der Waals surface area contributed by atoms with Crippen LogP contribution in [0, 0.1) is 5.92 Å². The SMILES string of the molecule is CCN(CC)CC1CCN(c2ncnc3[nH]ccc23)C1. The summed E-state index contributed by atoms with van der Waals surface area (Å²) in [7, 11) is 0. The molecule has 1 unspecified atom stereocenters. The Morgan fingerprint density at radius 1 is 1.35 bits per heavy atom. The third-order valence-electron chi connectivity index (χ3n) is 4.33. The van der Waals surface area contributed by atoms with E-state index in [0.717, 1.165) is 48.9 Å². The number of nitrogens with one attached hydrogen (secondary N) is 1. The molecule has 108 valence electrons. The van der Waals surface area contributed by atoms with E-state index in [1.54, 1.807) is 6.33 Å². The summed E-state index contributed by atoms with van der Waals surface area (Å²) in [5.41, 5.74) is 0.933. The third-order valence-corrected chi connectivity index (χ3v) is 4.33. The number of fused-ring (bicyclic) bond motifs is 1. The van der Waals surface area contributed by atoms with Crippen molar-refractivity contribution < 1.29 is 0 Å². The second-order valence-corrected chi connectivity index (χ2v) is 5.52. The molecule has 3 heterocycles. The first kappa shape index (κ1) is 13.4. The van der Waals surface area contributed by atoms with Gasteiger partial charge in [-0.3, -0.25) is 0 Å². The molecule has 0 aliphatic carbocycles. The number of aromatic amines is 1. The van der Waals surface area contributed by atoms with Crippen molar-refractivity contribution in [2.45, 2.75) is 20.3 Å². The Morgan fingerprint density at radius 3 is 3.00 bits per heavy atom. The van der Waals surface area contributed by atoms with E-state index in [1.165, 1.54) is 13.0 Å². The molecule has 5 nitrogen and oxygen atoms in total. The average molecular weight is 273 g/mol. The summed E-state index contributed by atoms with van der Waals surface area (Å²) in [6.07, 6.45) is 4.85. The molecule has 1 atom stereocenters. The van der Waals surface area contributed by atoms with Crippen molar-refractivity contribution in [2.75, 3.05) is 37.6 Å². The molecule has 0 radical (unpaired) electrons. The summed E-state index contributed by atoms with van der Waals surface area (Å²) < 4.78 is 0. The highest BCUT2D eigenvalue weighted by atomic mass is 15.2. The van der Waals surface area contributed by atoms with E-state index < -0.39 is 0 Å². The zero-order valence-corrected chi connectivity index (χ0v) is 12.3. The molecule has 1 aliphatic heterocycles. The third kappa shape index (κ3) is 2.50. The Hall–Kier alpha value is -1.62. The molecular weight excluding hydrogens is 250 g/mol. The van der Waals surface area contributed by atoms with E-state index >= 15 is 0 Å². The van der Waals surface area contributed by atoms with Gasteiger partial charge in [0, 0.05) is 25.8 Å². The molecule has 3 rings (SSSR count). The van der Waals surface area contributed by atoms with Crippen molar-refractivity contribution in [1.29, 1.82) is 0 Å². The Bertz CT molecular complexity index is 560. The first-order valence-electron chi connectivity index (χ1n) is 7.57. The van der Waals surface area contributed by atoms with Gasteiger partial charge in [0.25, 0.3) is 0 Å². The van der Waals surface area contributed by atoms with Gasteiger partial charge in [0.2, 0.25) is 0 Å². The van der Waals surface area contributed by atoms with Gasteiger partial charge < -0.3 is 14.8 Å². The summed E-state index contributed by atoms with van der Waals surface area (Å²) in [5, 5.41) is 1.14. The minimum atomic E-state index is 0.749. The summed E-state index contributed by atoms with van der Waals surface area (Å²) in [5.74, 6) is 1.83. The molecule has 1 fully saturated rings. The van der Waals surface area contributed by atoms with Gasteiger partial charge in [-0.1, -0.05) is 13.8 Å². The van der Waals surface area contributed by atoms with Crippen LogP contribution >= 0.6 is 0 Å². The molecule has 5 heteroatoms. The number of hydrogen-bond donors (Lipinski definition) is 1. The fourth-order valence-electron chi connectivity index (χ4n) is 3.13. The Morgan fingerprint density at radius 2 is 2.20 bits per heavy atom. The van der Waals surface area contributed by atoms with Crippen molar-refractivity contribution in [2.24, 2.45) is 5.92 Å². The van der Waals surface area contributed by atoms with Crippen molar-refractivity contribution in [3.05, 3.63) is 18.6 Å². The first-order valence-corrected chi connectivity index (χ1v) is 7.57. The molecule has 2 aromatic rings. The fraction of sp³-hybridized carbons (Fsp3) is 0.600. The zero-order chi connectivity index (χ0) is 13.9. The normalized spacial score (nSPS) is 19.4. The summed E-state index contributed by atoms with van der Waals surface area (Å²) in [4.78, 5) is 16.8. The molecule has 0 spiro atoms. The molecule has 2 aromatic heterocycles. The van der Waals surface area contributed by atoms with E-state index in [2.05, 4.69) is 44.7 Å². The lowest BCUT2D eigenvalue weighted by Crippen LogP contribution is -2.31. The number of nitrogens with zero attached hydrogens (tertiary/aromatic N) is 4. The van der Waals surface area contributed by atoms with Gasteiger partial charge in [0.1, 0.15) is 17.8 Å². The largest absolute Gasteiger partial charge is 0.356 e. The maximum atomic E-state index is 4.50. The van der Waals surface area contributed by atoms with Crippen LogP contribution < -0.4 is 4.90 Å². The summed E-state index contributed by atoms with van der Waals surface area (Å²) >= 11 is 0. The molecule has 0 bridgehead atoms. The number of aromatic nitrogens is 3. The first-order chi connectivity index (χ1) is 9.81. The van der Waals surface area contributed by atoms with Crippen molar-refractivity contribution in [1.82, 2.24) is 19.9 Å². The van der Waals surface area contributed by atoms with Crippen LogP contribution in [-0.2, 0) is 0 Å². The molecule has 0 aromatic carbocycles. The van der Waals surface area contributed by atoms with Crippen molar-refractivity contribution in [3.8, 4) is 0 Å². The van der Waals surface area contributed by atoms with Gasteiger partial charge in [-0.2, -0.15) is 0 Å². The van der Waals surface area contributed by atoms with E-state index in [-0.39, 0.29) is 0 Å². The number of rotatable bonds is 5. The predicted molar refractivity (Wildman–Crippen MR) is 82.0 cm³/mol. The van der Waals surface area contributed by atoms with Gasteiger partial charge in [0.05, 0.1) is 5.39 Å². The van der Waals surface area contributed by atoms with Gasteiger partial charge in [-0.25, -0.2) is 9.97 Å². The lowest BCUT2D eigenvalue weighted by molar-refractivity contribution is 0.261. The molecule has 0 amide bonds. The van der Waals surface area contributed by atoms with E-state index in [1.807, 2.05) is 6.20 Å². The minimum absolute atomic E-state index is 0.749. The number of hydrogen-bond acceptors (Lipinski definition) is 4. The van der Waals surface area contributed by atoms with Gasteiger partial charge in [-0.05, 0) is 31.5 Å². The van der Waals surface area contributed by atoms with Crippen LogP contribution in [0.4, 0.5) is 5.82 Å². The fourth-order valence-corrected chi connectivity index (χ4v) is 3.13. The Kier molecular flexibility index (Phi) is 3.87. The number of anilines is 1. The van der Waals surface area contributed by atoms with Crippen LogP contribution in [0.5, 0.6) is 0 Å². The molecular formula is C15H23N5. The van der Waals surface area contributed by atoms with Gasteiger partial charge >= 0.3 is 0 Å². The van der Waals surface area contributed by atoms with E-state index in [0.29, 0.717) is 0 Å². The maximum absolute atomic E-state index is 4.50. The summed E-state index contributed by atoms with van der Waals surface area (Å²) in [6.45, 7) is 10.2. The van der Waals surface area contributed by atoms with Crippen LogP contribution in [0.15, 0.2) is 18.6 Å². The van der Waals surface area contributed by atoms with Crippen LogP contribution in [0.3, 0.4) is 0 Å². The molecule has 0 saturated carbocycles. The highest BCUT2D eigenvalue weighted by Gasteiger charge is 2.26. The monoisotopic (exact) mass is 273 g/mol. The Balaban J connectivity index is 1.72. The lowest BCUT2D eigenvalue weighted by Gasteiger charge is -2.23. The van der Waals surface area contributed by atoms with Crippen LogP contribution in [0.2, 0.25) is 0 Å². The smallest absolute Gasteiger partial charge is 0.142 e. The molecule has 20 heavy (non-hydrogen) atoms. The standard InChI is InChI=1S/C15H23N5/c1-3-19(4-2)9-12-6-8-20(10-12)15-13-5-7-16-14(13)17-11-18-15/h5,7,11-12H,3-4,6,8-10H2,1-2H3,(H,16,17,18). The van der Waals surface area contributed by atoms with E-state index in [9.17, 15) is 0 Å². The summed E-state index contributed by atoms with van der Waals surface area (Å²) in [6, 6.07) is 2.07. The van der Waals surface area contributed by atoms with Crippen LogP contribution in [-0.4, -0.2) is 52.6 Å². The number of H-pyrrole nitrogens is 1. The van der Waals surface area contributed by atoms with Gasteiger partial charge in [-0.15, -0.1) is 0 Å². The molecule has 1 N–H and O–H groups in total.